The summed E-state index contributed by atoms with van der Waals surface area (Å²) in [6.07, 6.45) is 3.59. The van der Waals surface area contributed by atoms with Crippen molar-refractivity contribution in [3.63, 3.8) is 0 Å². The van der Waals surface area contributed by atoms with Crippen molar-refractivity contribution in [2.45, 2.75) is 38.7 Å². The summed E-state index contributed by atoms with van der Waals surface area (Å²) >= 11 is 0. The molecule has 1 aromatic rings. The molecule has 1 unspecified atom stereocenters. The van der Waals surface area contributed by atoms with Gasteiger partial charge in [-0.15, -0.1) is 0 Å². The number of rotatable bonds is 5. The van der Waals surface area contributed by atoms with Gasteiger partial charge in [-0.2, -0.15) is 4.98 Å². The number of hydrogen-bond acceptors (Lipinski definition) is 7. The number of nitrogens with zero attached hydrogens (tertiary/aromatic N) is 4. The lowest BCUT2D eigenvalue weighted by Gasteiger charge is -2.37. The minimum Gasteiger partial charge on any atom is -0.388 e. The van der Waals surface area contributed by atoms with Crippen LogP contribution in [0.4, 0.5) is 17.5 Å². The van der Waals surface area contributed by atoms with E-state index in [4.69, 9.17) is 0 Å². The minimum absolute atomic E-state index is 0.130. The summed E-state index contributed by atoms with van der Waals surface area (Å²) in [5.74, 6) is 0.649. The maximum absolute atomic E-state index is 11.2. The Morgan fingerprint density at radius 2 is 2.38 bits per heavy atom. The molecule has 1 fully saturated rings. The van der Waals surface area contributed by atoms with Crippen molar-refractivity contribution in [3.05, 3.63) is 16.3 Å². The Hall–Kier alpha value is -1.96. The fourth-order valence-corrected chi connectivity index (χ4v) is 2.45. The van der Waals surface area contributed by atoms with E-state index < -0.39 is 10.5 Å². The molecular formula is C13H21N5O3. The molecule has 0 saturated carbocycles. The quantitative estimate of drug-likeness (QED) is 0.627. The second kappa shape index (κ2) is 6.21. The Morgan fingerprint density at radius 1 is 1.62 bits per heavy atom. The lowest BCUT2D eigenvalue weighted by atomic mass is 9.95. The molecule has 116 valence electrons. The van der Waals surface area contributed by atoms with Gasteiger partial charge in [0, 0.05) is 19.6 Å². The molecule has 1 aromatic heterocycles. The Kier molecular flexibility index (Phi) is 4.56. The molecule has 1 saturated heterocycles. The molecule has 1 atom stereocenters. The molecule has 8 nitrogen and oxygen atoms in total. The predicted octanol–water partition coefficient (Wildman–Crippen LogP) is 1.56. The summed E-state index contributed by atoms with van der Waals surface area (Å²) in [6.45, 7) is 5.43. The van der Waals surface area contributed by atoms with E-state index in [2.05, 4.69) is 15.3 Å². The third-order valence-corrected chi connectivity index (χ3v) is 3.45. The lowest BCUT2D eigenvalue weighted by Crippen LogP contribution is -2.46. The summed E-state index contributed by atoms with van der Waals surface area (Å²) in [7, 11) is 0. The molecule has 2 heterocycles. The van der Waals surface area contributed by atoms with Gasteiger partial charge in [-0.25, -0.2) is 4.98 Å². The van der Waals surface area contributed by atoms with Crippen LogP contribution < -0.4 is 10.2 Å². The van der Waals surface area contributed by atoms with E-state index in [9.17, 15) is 15.2 Å². The summed E-state index contributed by atoms with van der Waals surface area (Å²) < 4.78 is 0. The Balaban J connectivity index is 2.31. The van der Waals surface area contributed by atoms with Gasteiger partial charge in [0.15, 0.2) is 0 Å². The first-order valence-corrected chi connectivity index (χ1v) is 7.15. The Morgan fingerprint density at radius 3 is 3.00 bits per heavy atom. The maximum atomic E-state index is 11.2. The molecule has 2 N–H and O–H groups in total. The molecule has 2 rings (SSSR count). The van der Waals surface area contributed by atoms with Crippen molar-refractivity contribution in [2.75, 3.05) is 29.9 Å². The highest BCUT2D eigenvalue weighted by atomic mass is 16.6. The molecule has 0 amide bonds. The van der Waals surface area contributed by atoms with Crippen molar-refractivity contribution in [1.82, 2.24) is 9.97 Å². The van der Waals surface area contributed by atoms with Crippen LogP contribution in [0.5, 0.6) is 0 Å². The third-order valence-electron chi connectivity index (χ3n) is 3.45. The zero-order chi connectivity index (χ0) is 15.5. The van der Waals surface area contributed by atoms with Gasteiger partial charge in [0.1, 0.15) is 6.20 Å². The normalized spacial score (nSPS) is 22.1. The Bertz CT molecular complexity index is 521. The summed E-state index contributed by atoms with van der Waals surface area (Å²) in [5.41, 5.74) is -0.983. The van der Waals surface area contributed by atoms with Gasteiger partial charge in [0.05, 0.1) is 10.5 Å². The number of anilines is 2. The zero-order valence-corrected chi connectivity index (χ0v) is 12.4. The fourth-order valence-electron chi connectivity index (χ4n) is 2.45. The van der Waals surface area contributed by atoms with Gasteiger partial charge >= 0.3 is 5.69 Å². The molecule has 8 heteroatoms. The number of aliphatic hydroxyl groups is 1. The van der Waals surface area contributed by atoms with Gasteiger partial charge in [-0.3, -0.25) is 10.1 Å². The average molecular weight is 295 g/mol. The molecule has 21 heavy (non-hydrogen) atoms. The van der Waals surface area contributed by atoms with E-state index >= 15 is 0 Å². The first-order chi connectivity index (χ1) is 9.93. The van der Waals surface area contributed by atoms with Gasteiger partial charge in [0.2, 0.25) is 11.8 Å². The third kappa shape index (κ3) is 3.78. The SMILES string of the molecule is CCCNc1ncc([N+](=O)[O-])c(N2CCCC(C)(O)C2)n1. The van der Waals surface area contributed by atoms with Crippen molar-refractivity contribution in [2.24, 2.45) is 0 Å². The monoisotopic (exact) mass is 295 g/mol. The number of aromatic nitrogens is 2. The molecule has 1 aliphatic heterocycles. The Labute approximate surface area is 123 Å². The van der Waals surface area contributed by atoms with Crippen molar-refractivity contribution in [3.8, 4) is 0 Å². The van der Waals surface area contributed by atoms with Crippen molar-refractivity contribution < 1.29 is 10.0 Å². The maximum Gasteiger partial charge on any atom is 0.329 e. The molecule has 0 spiro atoms. The number of β-amino-alcohol motifs (C(OH)–C–C–N with tert-alkyl or cyclic N) is 1. The molecule has 1 aliphatic rings. The highest BCUT2D eigenvalue weighted by molar-refractivity contribution is 5.59. The molecule has 0 aromatic carbocycles. The number of nitro groups is 1. The summed E-state index contributed by atoms with van der Waals surface area (Å²) in [6, 6.07) is 0. The van der Waals surface area contributed by atoms with Gasteiger partial charge in [0.25, 0.3) is 0 Å². The van der Waals surface area contributed by atoms with Crippen molar-refractivity contribution >= 4 is 17.5 Å². The van der Waals surface area contributed by atoms with Crippen LogP contribution in [0.2, 0.25) is 0 Å². The highest BCUT2D eigenvalue weighted by Gasteiger charge is 2.32. The first kappa shape index (κ1) is 15.4. The van der Waals surface area contributed by atoms with E-state index in [1.807, 2.05) is 6.92 Å². The van der Waals surface area contributed by atoms with Crippen molar-refractivity contribution in [1.29, 1.82) is 0 Å². The first-order valence-electron chi connectivity index (χ1n) is 7.15. The topological polar surface area (TPSA) is 104 Å². The fraction of sp³-hybridized carbons (Fsp3) is 0.692. The minimum atomic E-state index is -0.853. The molecule has 0 bridgehead atoms. The standard InChI is InChI=1S/C13H21N5O3/c1-3-6-14-12-15-8-10(18(20)21)11(16-12)17-7-4-5-13(2,19)9-17/h8,19H,3-7,9H2,1-2H3,(H,14,15,16). The van der Waals surface area contributed by atoms with Crippen LogP contribution in [0.1, 0.15) is 33.1 Å². The van der Waals surface area contributed by atoms with E-state index in [0.29, 0.717) is 32.0 Å². The van der Waals surface area contributed by atoms with Crippen LogP contribution in [-0.2, 0) is 0 Å². The van der Waals surface area contributed by atoms with Crippen LogP contribution in [-0.4, -0.2) is 45.2 Å². The molecule has 0 radical (unpaired) electrons. The predicted molar refractivity (Wildman–Crippen MR) is 79.5 cm³/mol. The van der Waals surface area contributed by atoms with Gasteiger partial charge < -0.3 is 15.3 Å². The second-order valence-electron chi connectivity index (χ2n) is 5.61. The second-order valence-corrected chi connectivity index (χ2v) is 5.61. The van der Waals surface area contributed by atoms with Crippen LogP contribution >= 0.6 is 0 Å². The number of nitrogens with one attached hydrogen (secondary N) is 1. The summed E-state index contributed by atoms with van der Waals surface area (Å²) in [4.78, 5) is 20.7. The highest BCUT2D eigenvalue weighted by Crippen LogP contribution is 2.31. The van der Waals surface area contributed by atoms with Crippen LogP contribution in [0, 0.1) is 10.1 Å². The number of hydrogen-bond donors (Lipinski definition) is 2. The summed E-state index contributed by atoms with van der Waals surface area (Å²) in [5, 5.41) is 24.4. The average Bonchev–Trinajstić information content (AvgIpc) is 2.43. The molecule has 0 aliphatic carbocycles. The number of piperidine rings is 1. The van der Waals surface area contributed by atoms with E-state index in [0.717, 1.165) is 12.8 Å². The van der Waals surface area contributed by atoms with Crippen LogP contribution in [0.3, 0.4) is 0 Å². The molecular weight excluding hydrogens is 274 g/mol. The van der Waals surface area contributed by atoms with Gasteiger partial charge in [-0.1, -0.05) is 6.92 Å². The van der Waals surface area contributed by atoms with Gasteiger partial charge in [-0.05, 0) is 26.2 Å². The van der Waals surface area contributed by atoms with E-state index in [-0.39, 0.29) is 11.5 Å². The van der Waals surface area contributed by atoms with Crippen LogP contribution in [0.15, 0.2) is 6.20 Å². The van der Waals surface area contributed by atoms with E-state index in [1.165, 1.54) is 6.20 Å². The largest absolute Gasteiger partial charge is 0.388 e. The van der Waals surface area contributed by atoms with E-state index in [1.54, 1.807) is 11.8 Å². The van der Waals surface area contributed by atoms with Crippen LogP contribution in [0.25, 0.3) is 0 Å². The zero-order valence-electron chi connectivity index (χ0n) is 12.4. The smallest absolute Gasteiger partial charge is 0.329 e. The lowest BCUT2D eigenvalue weighted by molar-refractivity contribution is -0.384.